The highest BCUT2D eigenvalue weighted by Crippen LogP contribution is 2.29. The van der Waals surface area contributed by atoms with Crippen LogP contribution in [0.4, 0.5) is 0 Å². The number of piperazine rings is 1. The van der Waals surface area contributed by atoms with E-state index < -0.39 is 0 Å². The van der Waals surface area contributed by atoms with Crippen LogP contribution >= 0.6 is 11.6 Å². The number of benzene rings is 1. The Labute approximate surface area is 195 Å². The molecule has 7 nitrogen and oxygen atoms in total. The molecular weight excluding hydrogens is 428 g/mol. The van der Waals surface area contributed by atoms with Crippen molar-refractivity contribution in [2.45, 2.75) is 65.1 Å². The Kier molecular flexibility index (Phi) is 7.48. The topological polar surface area (TPSA) is 71.7 Å². The van der Waals surface area contributed by atoms with Crippen molar-refractivity contribution in [1.29, 1.82) is 0 Å². The fourth-order valence-corrected chi connectivity index (χ4v) is 5.27. The van der Waals surface area contributed by atoms with Crippen LogP contribution in [-0.4, -0.2) is 58.7 Å². The molecule has 2 aromatic rings. The third kappa shape index (κ3) is 5.33. The van der Waals surface area contributed by atoms with E-state index in [0.717, 1.165) is 44.6 Å². The summed E-state index contributed by atoms with van der Waals surface area (Å²) in [7, 11) is 1.60. The second kappa shape index (κ2) is 10.3. The van der Waals surface area contributed by atoms with Gasteiger partial charge in [0.25, 0.3) is 0 Å². The fourth-order valence-electron chi connectivity index (χ4n) is 5.00. The summed E-state index contributed by atoms with van der Waals surface area (Å²) < 4.78 is 10.7. The first-order chi connectivity index (χ1) is 15.4. The normalized spacial score (nSPS) is 20.2. The second-order valence-electron chi connectivity index (χ2n) is 9.15. The molecule has 0 N–H and O–H groups in total. The van der Waals surface area contributed by atoms with Gasteiger partial charge in [-0.1, -0.05) is 24.4 Å². The van der Waals surface area contributed by atoms with Gasteiger partial charge in [0.15, 0.2) is 0 Å². The molecule has 1 aliphatic carbocycles. The quantitative estimate of drug-likeness (QED) is 0.622. The number of aromatic nitrogens is 2. The molecule has 32 heavy (non-hydrogen) atoms. The maximum atomic E-state index is 12.9. The van der Waals surface area contributed by atoms with E-state index in [9.17, 15) is 4.79 Å². The SMILES string of the molecule is COCc1nnc(Cc2cc(Cl)cc(CN3CCN(C(=O)C4CCCC4)[C@@H](C)C3)c2C)o1. The Morgan fingerprint density at radius 3 is 2.62 bits per heavy atom. The Bertz CT molecular complexity index is 941. The van der Waals surface area contributed by atoms with Gasteiger partial charge in [-0.2, -0.15) is 0 Å². The number of hydrogen-bond acceptors (Lipinski definition) is 6. The van der Waals surface area contributed by atoms with Crippen LogP contribution in [0.15, 0.2) is 16.5 Å². The highest BCUT2D eigenvalue weighted by molar-refractivity contribution is 6.30. The maximum Gasteiger partial charge on any atom is 0.242 e. The smallest absolute Gasteiger partial charge is 0.242 e. The summed E-state index contributed by atoms with van der Waals surface area (Å²) in [6.45, 7) is 7.97. The van der Waals surface area contributed by atoms with Crippen molar-refractivity contribution < 1.29 is 13.9 Å². The van der Waals surface area contributed by atoms with Crippen LogP contribution < -0.4 is 0 Å². The second-order valence-corrected chi connectivity index (χ2v) is 9.58. The van der Waals surface area contributed by atoms with E-state index in [2.05, 4.69) is 33.8 Å². The van der Waals surface area contributed by atoms with Gasteiger partial charge in [0.2, 0.25) is 17.7 Å². The number of nitrogens with zero attached hydrogens (tertiary/aromatic N) is 4. The number of hydrogen-bond donors (Lipinski definition) is 0. The van der Waals surface area contributed by atoms with E-state index in [1.165, 1.54) is 24.0 Å². The van der Waals surface area contributed by atoms with Crippen molar-refractivity contribution in [2.75, 3.05) is 26.7 Å². The molecule has 2 fully saturated rings. The molecule has 1 aliphatic heterocycles. The molecule has 2 heterocycles. The lowest BCUT2D eigenvalue weighted by molar-refractivity contribution is -0.140. The van der Waals surface area contributed by atoms with Gasteiger partial charge in [0.1, 0.15) is 6.61 Å². The first-order valence-electron chi connectivity index (χ1n) is 11.6. The van der Waals surface area contributed by atoms with Gasteiger partial charge in [-0.3, -0.25) is 9.69 Å². The summed E-state index contributed by atoms with van der Waals surface area (Å²) >= 11 is 6.47. The van der Waals surface area contributed by atoms with E-state index in [0.29, 0.717) is 35.7 Å². The molecule has 0 spiro atoms. The molecule has 1 aromatic carbocycles. The zero-order chi connectivity index (χ0) is 22.7. The molecule has 174 valence electrons. The Morgan fingerprint density at radius 2 is 1.91 bits per heavy atom. The molecule has 0 unspecified atom stereocenters. The highest BCUT2D eigenvalue weighted by Gasteiger charge is 2.33. The van der Waals surface area contributed by atoms with Gasteiger partial charge in [-0.25, -0.2) is 0 Å². The molecule has 0 bridgehead atoms. The Morgan fingerprint density at radius 1 is 1.19 bits per heavy atom. The van der Waals surface area contributed by atoms with Gasteiger partial charge in [-0.15, -0.1) is 10.2 Å². The number of carbonyl (C=O) groups excluding carboxylic acids is 1. The van der Waals surface area contributed by atoms with Crippen molar-refractivity contribution >= 4 is 17.5 Å². The first kappa shape index (κ1) is 23.2. The Hall–Kier alpha value is -1.96. The molecule has 1 saturated carbocycles. The molecular formula is C24H33ClN4O3. The number of ether oxygens (including phenoxy) is 1. The lowest BCUT2D eigenvalue weighted by Gasteiger charge is -2.41. The van der Waals surface area contributed by atoms with Gasteiger partial charge in [-0.05, 0) is 55.5 Å². The zero-order valence-electron chi connectivity index (χ0n) is 19.3. The summed E-state index contributed by atoms with van der Waals surface area (Å²) in [4.78, 5) is 17.4. The van der Waals surface area contributed by atoms with E-state index in [1.807, 2.05) is 12.1 Å². The van der Waals surface area contributed by atoms with Crippen molar-refractivity contribution in [1.82, 2.24) is 20.0 Å². The highest BCUT2D eigenvalue weighted by atomic mass is 35.5. The van der Waals surface area contributed by atoms with Crippen LogP contribution in [0.5, 0.6) is 0 Å². The summed E-state index contributed by atoms with van der Waals surface area (Å²) in [6.07, 6.45) is 5.04. The van der Waals surface area contributed by atoms with Gasteiger partial charge in [0, 0.05) is 50.3 Å². The molecule has 1 aromatic heterocycles. The standard InChI is InChI=1S/C24H33ClN4O3/c1-16-13-28(8-9-29(16)24(30)18-6-4-5-7-18)14-20-11-21(25)10-19(17(20)2)12-22-26-27-23(32-22)15-31-3/h10-11,16,18H,4-9,12-15H2,1-3H3/t16-/m0/s1. The average Bonchev–Trinajstić information content (AvgIpc) is 3.44. The molecule has 1 amide bonds. The van der Waals surface area contributed by atoms with Gasteiger partial charge < -0.3 is 14.1 Å². The third-order valence-electron chi connectivity index (χ3n) is 6.80. The molecule has 8 heteroatoms. The van der Waals surface area contributed by atoms with Crippen LogP contribution in [0, 0.1) is 12.8 Å². The van der Waals surface area contributed by atoms with Crippen molar-refractivity contribution in [3.05, 3.63) is 45.6 Å². The molecule has 0 radical (unpaired) electrons. The minimum Gasteiger partial charge on any atom is -0.422 e. The summed E-state index contributed by atoms with van der Waals surface area (Å²) in [5, 5.41) is 8.85. The van der Waals surface area contributed by atoms with Crippen molar-refractivity contribution in [3.8, 4) is 0 Å². The molecule has 2 aliphatic rings. The monoisotopic (exact) mass is 460 g/mol. The lowest BCUT2D eigenvalue weighted by atomic mass is 9.98. The number of halogens is 1. The van der Waals surface area contributed by atoms with Crippen LogP contribution in [-0.2, 0) is 29.1 Å². The van der Waals surface area contributed by atoms with Crippen molar-refractivity contribution in [3.63, 3.8) is 0 Å². The van der Waals surface area contributed by atoms with E-state index in [1.54, 1.807) is 7.11 Å². The van der Waals surface area contributed by atoms with Crippen molar-refractivity contribution in [2.24, 2.45) is 5.92 Å². The molecule has 4 rings (SSSR count). The predicted molar refractivity (Wildman–Crippen MR) is 122 cm³/mol. The summed E-state index contributed by atoms with van der Waals surface area (Å²) in [6, 6.07) is 4.25. The first-order valence-corrected chi connectivity index (χ1v) is 11.9. The number of amides is 1. The number of methoxy groups -OCH3 is 1. The van der Waals surface area contributed by atoms with Crippen LogP contribution in [0.3, 0.4) is 0 Å². The number of rotatable bonds is 7. The van der Waals surface area contributed by atoms with E-state index in [4.69, 9.17) is 20.8 Å². The average molecular weight is 461 g/mol. The maximum absolute atomic E-state index is 12.9. The lowest BCUT2D eigenvalue weighted by Crippen LogP contribution is -2.54. The van der Waals surface area contributed by atoms with Crippen LogP contribution in [0.25, 0.3) is 0 Å². The largest absolute Gasteiger partial charge is 0.422 e. The van der Waals surface area contributed by atoms with E-state index in [-0.39, 0.29) is 12.0 Å². The molecule has 1 atom stereocenters. The number of carbonyl (C=O) groups is 1. The van der Waals surface area contributed by atoms with Crippen LogP contribution in [0.2, 0.25) is 5.02 Å². The summed E-state index contributed by atoms with van der Waals surface area (Å²) in [5.41, 5.74) is 3.48. The van der Waals surface area contributed by atoms with E-state index >= 15 is 0 Å². The third-order valence-corrected chi connectivity index (χ3v) is 7.02. The predicted octanol–water partition coefficient (Wildman–Crippen LogP) is 3.99. The summed E-state index contributed by atoms with van der Waals surface area (Å²) in [5.74, 6) is 1.64. The van der Waals surface area contributed by atoms with Gasteiger partial charge in [0.05, 0.1) is 6.42 Å². The fraction of sp³-hybridized carbons (Fsp3) is 0.625. The minimum atomic E-state index is 0.230. The Balaban J connectivity index is 1.41. The zero-order valence-corrected chi connectivity index (χ0v) is 20.0. The minimum absolute atomic E-state index is 0.230. The molecule has 1 saturated heterocycles. The van der Waals surface area contributed by atoms with Crippen LogP contribution in [0.1, 0.15) is 61.1 Å². The van der Waals surface area contributed by atoms with Gasteiger partial charge >= 0.3 is 0 Å².